The van der Waals surface area contributed by atoms with Crippen LogP contribution in [0, 0.1) is 29.6 Å². The summed E-state index contributed by atoms with van der Waals surface area (Å²) in [4.78, 5) is 0. The van der Waals surface area contributed by atoms with Crippen molar-refractivity contribution in [1.29, 1.82) is 0 Å². The van der Waals surface area contributed by atoms with Gasteiger partial charge < -0.3 is 22.0 Å². The second-order valence-corrected chi connectivity index (χ2v) is 8.27. The Labute approximate surface area is 198 Å². The molecule has 4 heteroatoms. The third kappa shape index (κ3) is 7.00. The van der Waals surface area contributed by atoms with Gasteiger partial charge in [-0.05, 0) is 0 Å². The van der Waals surface area contributed by atoms with Crippen molar-refractivity contribution in [1.82, 2.24) is 0 Å². The molecule has 1 aliphatic rings. The van der Waals surface area contributed by atoms with Gasteiger partial charge in [-0.3, -0.25) is 0 Å². The van der Waals surface area contributed by atoms with Gasteiger partial charge in [-0.25, -0.2) is 0 Å². The first-order valence-corrected chi connectivity index (χ1v) is 10.5. The van der Waals surface area contributed by atoms with E-state index in [0.29, 0.717) is 0 Å². The van der Waals surface area contributed by atoms with Crippen LogP contribution in [0.25, 0.3) is 10.6 Å². The maximum Gasteiger partial charge on any atom is 3.00 e. The number of nitrogens with zero attached hydrogens (tertiary/aromatic N) is 2. The molecule has 0 spiro atoms. The fourth-order valence-corrected chi connectivity index (χ4v) is 4.40. The van der Waals surface area contributed by atoms with Crippen LogP contribution in [0.3, 0.4) is 0 Å². The van der Waals surface area contributed by atoms with Crippen molar-refractivity contribution in [3.63, 3.8) is 0 Å². The minimum absolute atomic E-state index is 0. The van der Waals surface area contributed by atoms with E-state index in [9.17, 15) is 0 Å². The van der Waals surface area contributed by atoms with Crippen molar-refractivity contribution in [2.45, 2.75) is 46.7 Å². The molecular weight excluding hydrogens is 549 g/mol. The van der Waals surface area contributed by atoms with Gasteiger partial charge in [0.1, 0.15) is 0 Å². The minimum atomic E-state index is 0. The number of rotatable bonds is 5. The fraction of sp³-hybridized carbons (Fsp3) is 0.500. The Morgan fingerprint density at radius 1 is 0.667 bits per heavy atom. The van der Waals surface area contributed by atoms with E-state index in [4.69, 9.17) is 0 Å². The van der Waals surface area contributed by atoms with E-state index in [-0.39, 0.29) is 37.7 Å². The normalized spacial score (nSPS) is 25.2. The number of benzene rings is 2. The molecular formula is C26H39IrN2O. The van der Waals surface area contributed by atoms with Crippen LogP contribution < -0.4 is 0 Å². The molecule has 168 valence electrons. The topological polar surface area (TPSA) is 59.7 Å². The molecule has 2 aromatic carbocycles. The summed E-state index contributed by atoms with van der Waals surface area (Å²) in [6.07, 6.45) is 0. The Balaban J connectivity index is 0.000000604. The zero-order valence-electron chi connectivity index (χ0n) is 19.5. The van der Waals surface area contributed by atoms with Crippen molar-refractivity contribution in [3.05, 3.63) is 88.3 Å². The van der Waals surface area contributed by atoms with Gasteiger partial charge in [0.25, 0.3) is 0 Å². The van der Waals surface area contributed by atoms with E-state index < -0.39 is 0 Å². The van der Waals surface area contributed by atoms with Gasteiger partial charge in [0.2, 0.25) is 0 Å². The second kappa shape index (κ2) is 14.1. The molecule has 5 unspecified atom stereocenters. The van der Waals surface area contributed by atoms with Crippen LogP contribution in [0.1, 0.15) is 57.8 Å². The quantitative estimate of drug-likeness (QED) is 0.346. The molecule has 1 saturated carbocycles. The standard InChI is InChI=1S/C16H18N2.C10H19.Ir.H2O/c1-17-15(13-9-5-3-6-10-13)16(18-2)14-11-7-4-8-12-14;1-6-7(2)9(4)10(5)8(6)3;;/h3-12,15-16H,1-2H3;6-9H,1-5H3;;1H2/q-2;-1;+3;/t15-,16?;;;/m1.../s1. The Morgan fingerprint density at radius 3 is 1.17 bits per heavy atom. The molecule has 3 rings (SSSR count). The number of hydrogen-bond acceptors (Lipinski definition) is 0. The monoisotopic (exact) mass is 588 g/mol. The predicted molar refractivity (Wildman–Crippen MR) is 126 cm³/mol. The van der Waals surface area contributed by atoms with Gasteiger partial charge in [0.05, 0.1) is 0 Å². The van der Waals surface area contributed by atoms with Crippen molar-refractivity contribution in [3.8, 4) is 0 Å². The first kappa shape index (κ1) is 29.0. The number of hydrogen-bond donors (Lipinski definition) is 0. The molecule has 0 aromatic heterocycles. The summed E-state index contributed by atoms with van der Waals surface area (Å²) in [7, 11) is 3.72. The van der Waals surface area contributed by atoms with Crippen molar-refractivity contribution in [2.75, 3.05) is 14.1 Å². The summed E-state index contributed by atoms with van der Waals surface area (Å²) >= 11 is 0. The van der Waals surface area contributed by atoms with Crippen LogP contribution in [0.15, 0.2) is 60.7 Å². The van der Waals surface area contributed by atoms with Crippen LogP contribution in [0.4, 0.5) is 0 Å². The van der Waals surface area contributed by atoms with E-state index in [1.807, 2.05) is 50.5 Å². The Morgan fingerprint density at radius 2 is 0.967 bits per heavy atom. The maximum atomic E-state index is 4.51. The van der Waals surface area contributed by atoms with Crippen LogP contribution in [0.2, 0.25) is 0 Å². The molecule has 0 aliphatic heterocycles. The molecule has 0 heterocycles. The molecule has 3 nitrogen and oxygen atoms in total. The molecule has 6 atom stereocenters. The largest absolute Gasteiger partial charge is 3.00 e. The molecule has 2 N–H and O–H groups in total. The van der Waals surface area contributed by atoms with Gasteiger partial charge in [-0.2, -0.15) is 32.9 Å². The third-order valence-corrected chi connectivity index (χ3v) is 6.98. The Hall–Kier alpha value is -1.03. The van der Waals surface area contributed by atoms with Crippen LogP contribution in [-0.4, -0.2) is 19.6 Å². The summed E-state index contributed by atoms with van der Waals surface area (Å²) in [5.74, 6) is 5.21. The molecule has 2 aromatic rings. The maximum absolute atomic E-state index is 4.51. The van der Waals surface area contributed by atoms with Gasteiger partial charge in [-0.15, -0.1) is 12.1 Å². The summed E-state index contributed by atoms with van der Waals surface area (Å²) in [5.41, 5.74) is 2.42. The average molecular weight is 588 g/mol. The second-order valence-electron chi connectivity index (χ2n) is 8.27. The molecule has 0 radical (unpaired) electrons. The van der Waals surface area contributed by atoms with Gasteiger partial charge in [0.15, 0.2) is 0 Å². The molecule has 0 amide bonds. The minimum Gasteiger partial charge on any atom is -0.659 e. The van der Waals surface area contributed by atoms with Gasteiger partial charge >= 0.3 is 20.1 Å². The first-order chi connectivity index (χ1) is 13.4. The zero-order valence-corrected chi connectivity index (χ0v) is 21.9. The van der Waals surface area contributed by atoms with E-state index in [0.717, 1.165) is 23.7 Å². The zero-order chi connectivity index (χ0) is 20.7. The summed E-state index contributed by atoms with van der Waals surface area (Å²) < 4.78 is 0. The van der Waals surface area contributed by atoms with Crippen LogP contribution in [-0.2, 0) is 20.1 Å². The van der Waals surface area contributed by atoms with Crippen molar-refractivity contribution >= 4 is 0 Å². The Bertz CT molecular complexity index is 592. The van der Waals surface area contributed by atoms with Crippen molar-refractivity contribution in [2.24, 2.45) is 23.7 Å². The number of likely N-dealkylation sites (N-methyl/N-ethyl adjacent to an activating group) is 2. The molecule has 1 fully saturated rings. The Kier molecular flexibility index (Phi) is 13.6. The summed E-state index contributed by atoms with van der Waals surface area (Å²) in [6.45, 7) is 11.8. The van der Waals surface area contributed by atoms with Crippen molar-refractivity contribution < 1.29 is 25.6 Å². The average Bonchev–Trinajstić information content (AvgIpc) is 2.91. The van der Waals surface area contributed by atoms with E-state index in [1.165, 1.54) is 11.1 Å². The van der Waals surface area contributed by atoms with Crippen LogP contribution >= 0.6 is 0 Å². The molecule has 1 aliphatic carbocycles. The summed E-state index contributed by atoms with van der Waals surface area (Å²) in [6, 6.07) is 20.8. The SMILES string of the molecule is C[C-]1C(C)C(C)C(C)C1C.C[N-]C(c1ccccc1)[C@H]([N-]C)c1ccccc1.O.[Ir+3]. The first-order valence-electron chi connectivity index (χ1n) is 10.5. The van der Waals surface area contributed by atoms with E-state index in [1.54, 1.807) is 5.92 Å². The van der Waals surface area contributed by atoms with Crippen LogP contribution in [0.5, 0.6) is 0 Å². The predicted octanol–water partition coefficient (Wildman–Crippen LogP) is 6.79. The molecule has 0 saturated heterocycles. The fourth-order valence-electron chi connectivity index (χ4n) is 4.40. The van der Waals surface area contributed by atoms with E-state index >= 15 is 0 Å². The van der Waals surface area contributed by atoms with E-state index in [2.05, 4.69) is 69.5 Å². The molecule has 30 heavy (non-hydrogen) atoms. The summed E-state index contributed by atoms with van der Waals surface area (Å²) in [5, 5.41) is 9.02. The third-order valence-electron chi connectivity index (χ3n) is 6.98. The van der Waals surface area contributed by atoms with Gasteiger partial charge in [-0.1, -0.05) is 111 Å². The smallest absolute Gasteiger partial charge is 0.659 e. The van der Waals surface area contributed by atoms with Gasteiger partial charge in [0, 0.05) is 0 Å². The molecule has 0 bridgehead atoms.